The van der Waals surface area contributed by atoms with E-state index in [4.69, 9.17) is 0 Å². The lowest BCUT2D eigenvalue weighted by molar-refractivity contribution is 0.103. The van der Waals surface area contributed by atoms with E-state index in [1.807, 2.05) is 6.92 Å². The van der Waals surface area contributed by atoms with Gasteiger partial charge < -0.3 is 0 Å². The summed E-state index contributed by atoms with van der Waals surface area (Å²) < 4.78 is 28.8. The predicted molar refractivity (Wildman–Crippen MR) is 67.1 cm³/mol. The number of hydrogen-bond acceptors (Lipinski definition) is 2. The first-order valence-corrected chi connectivity index (χ1v) is 5.97. The zero-order valence-electron chi connectivity index (χ0n) is 11.0. The van der Waals surface area contributed by atoms with Gasteiger partial charge in [-0.3, -0.25) is 9.48 Å². The quantitative estimate of drug-likeness (QED) is 0.799. The Morgan fingerprint density at radius 1 is 1.26 bits per heavy atom. The molecule has 0 radical (unpaired) electrons. The molecule has 0 unspecified atom stereocenters. The number of hydrogen-bond donors (Lipinski definition) is 0. The van der Waals surface area contributed by atoms with Gasteiger partial charge in [-0.05, 0) is 25.0 Å². The fourth-order valence-corrected chi connectivity index (χ4v) is 1.95. The lowest BCUT2D eigenvalue weighted by Crippen LogP contribution is -2.08. The molecule has 0 atom stereocenters. The topological polar surface area (TPSA) is 34.9 Å². The van der Waals surface area contributed by atoms with E-state index in [2.05, 4.69) is 5.10 Å². The van der Waals surface area contributed by atoms with Crippen LogP contribution >= 0.6 is 0 Å². The maximum Gasteiger partial charge on any atom is 0.199 e. The van der Waals surface area contributed by atoms with Crippen LogP contribution < -0.4 is 0 Å². The van der Waals surface area contributed by atoms with Crippen LogP contribution in [0.4, 0.5) is 8.78 Å². The van der Waals surface area contributed by atoms with Crippen molar-refractivity contribution < 1.29 is 13.6 Å². The van der Waals surface area contributed by atoms with Gasteiger partial charge in [0.15, 0.2) is 17.4 Å². The predicted octanol–water partition coefficient (Wildman–Crippen LogP) is 2.80. The number of aromatic nitrogens is 2. The second kappa shape index (κ2) is 4.91. The Labute approximate surface area is 109 Å². The molecule has 3 nitrogen and oxygen atoms in total. The molecule has 0 saturated heterocycles. The van der Waals surface area contributed by atoms with Crippen LogP contribution in [0.25, 0.3) is 0 Å². The van der Waals surface area contributed by atoms with E-state index in [1.54, 1.807) is 7.05 Å². The van der Waals surface area contributed by atoms with E-state index >= 15 is 0 Å². The fourth-order valence-electron chi connectivity index (χ4n) is 1.95. The van der Waals surface area contributed by atoms with Crippen molar-refractivity contribution in [1.29, 1.82) is 0 Å². The summed E-state index contributed by atoms with van der Waals surface area (Å²) in [5, 5.41) is 4.12. The van der Waals surface area contributed by atoms with Crippen LogP contribution in [0.15, 0.2) is 18.3 Å². The number of ketones is 1. The van der Waals surface area contributed by atoms with Crippen molar-refractivity contribution in [2.75, 3.05) is 0 Å². The lowest BCUT2D eigenvalue weighted by Gasteiger charge is -2.05. The molecule has 0 saturated carbocycles. The van der Waals surface area contributed by atoms with Crippen LogP contribution in [0.3, 0.4) is 0 Å². The molecule has 0 aliphatic carbocycles. The minimum absolute atomic E-state index is 0.177. The molecular weight excluding hydrogens is 250 g/mol. The Morgan fingerprint density at radius 3 is 2.58 bits per heavy atom. The number of nitrogens with zero attached hydrogens (tertiary/aromatic N) is 2. The first kappa shape index (κ1) is 13.4. The molecule has 5 heteroatoms. The summed E-state index contributed by atoms with van der Waals surface area (Å²) in [5.74, 6) is -2.62. The highest BCUT2D eigenvalue weighted by atomic mass is 19.2. The fraction of sp³-hybridized carbons (Fsp3) is 0.286. The molecule has 0 aliphatic heterocycles. The van der Waals surface area contributed by atoms with Gasteiger partial charge in [0.25, 0.3) is 0 Å². The first-order valence-electron chi connectivity index (χ1n) is 5.97. The standard InChI is InChI=1S/C14H14F2N2O/c1-4-11-10(7-18(3)17-11)14(19)9-6-5-8(2)12(15)13(9)16/h5-7H,4H2,1-3H3. The van der Waals surface area contributed by atoms with Crippen molar-refractivity contribution in [3.63, 3.8) is 0 Å². The number of rotatable bonds is 3. The molecule has 0 spiro atoms. The molecular formula is C14H14F2N2O. The molecule has 19 heavy (non-hydrogen) atoms. The molecule has 1 heterocycles. The van der Waals surface area contributed by atoms with E-state index in [-0.39, 0.29) is 11.1 Å². The summed E-state index contributed by atoms with van der Waals surface area (Å²) >= 11 is 0. The van der Waals surface area contributed by atoms with Gasteiger partial charge in [-0.1, -0.05) is 13.0 Å². The molecule has 0 bridgehead atoms. The van der Waals surface area contributed by atoms with E-state index in [0.29, 0.717) is 17.7 Å². The molecule has 1 aromatic heterocycles. The zero-order valence-corrected chi connectivity index (χ0v) is 11.0. The second-order valence-corrected chi connectivity index (χ2v) is 4.40. The summed E-state index contributed by atoms with van der Waals surface area (Å²) in [6.45, 7) is 3.30. The average Bonchev–Trinajstić information content (AvgIpc) is 2.77. The SMILES string of the molecule is CCc1nn(C)cc1C(=O)c1ccc(C)c(F)c1F. The van der Waals surface area contributed by atoms with E-state index in [0.717, 1.165) is 0 Å². The van der Waals surface area contributed by atoms with Crippen LogP contribution in [-0.2, 0) is 13.5 Å². The van der Waals surface area contributed by atoms with Gasteiger partial charge >= 0.3 is 0 Å². The highest BCUT2D eigenvalue weighted by molar-refractivity contribution is 6.09. The Bertz CT molecular complexity index is 647. The Hall–Kier alpha value is -2.04. The third kappa shape index (κ3) is 2.28. The maximum atomic E-state index is 13.8. The molecule has 0 N–H and O–H groups in total. The van der Waals surface area contributed by atoms with Gasteiger partial charge in [0.05, 0.1) is 16.8 Å². The minimum atomic E-state index is -1.10. The summed E-state index contributed by atoms with van der Waals surface area (Å²) in [5.41, 5.74) is 0.807. The number of halogens is 2. The summed E-state index contributed by atoms with van der Waals surface area (Å²) in [6.07, 6.45) is 2.08. The van der Waals surface area contributed by atoms with Crippen molar-refractivity contribution in [2.45, 2.75) is 20.3 Å². The summed E-state index contributed by atoms with van der Waals surface area (Å²) in [4.78, 5) is 12.3. The number of benzene rings is 1. The van der Waals surface area contributed by atoms with Crippen molar-refractivity contribution in [3.8, 4) is 0 Å². The molecule has 0 amide bonds. The van der Waals surface area contributed by atoms with Gasteiger partial charge in [-0.25, -0.2) is 8.78 Å². The molecule has 0 fully saturated rings. The summed E-state index contributed by atoms with van der Waals surface area (Å²) in [6, 6.07) is 2.70. The van der Waals surface area contributed by atoms with Crippen molar-refractivity contribution in [3.05, 3.63) is 52.3 Å². The third-order valence-corrected chi connectivity index (χ3v) is 3.00. The number of aryl methyl sites for hydroxylation is 3. The van der Waals surface area contributed by atoms with Crippen LogP contribution in [-0.4, -0.2) is 15.6 Å². The maximum absolute atomic E-state index is 13.8. The number of carbonyl (C=O) groups excluding carboxylic acids is 1. The average molecular weight is 264 g/mol. The monoisotopic (exact) mass is 264 g/mol. The van der Waals surface area contributed by atoms with E-state index in [1.165, 1.54) is 29.9 Å². The van der Waals surface area contributed by atoms with Crippen molar-refractivity contribution >= 4 is 5.78 Å². The number of carbonyl (C=O) groups is 1. The van der Waals surface area contributed by atoms with Crippen LogP contribution in [0.1, 0.15) is 34.1 Å². The normalized spacial score (nSPS) is 10.8. The van der Waals surface area contributed by atoms with Gasteiger partial charge in [0.1, 0.15) is 0 Å². The van der Waals surface area contributed by atoms with Gasteiger partial charge in [0.2, 0.25) is 0 Å². The smallest absolute Gasteiger partial charge is 0.199 e. The van der Waals surface area contributed by atoms with Crippen molar-refractivity contribution in [2.24, 2.45) is 7.05 Å². The molecule has 1 aromatic carbocycles. The molecule has 100 valence electrons. The van der Waals surface area contributed by atoms with Crippen LogP contribution in [0, 0.1) is 18.6 Å². The zero-order chi connectivity index (χ0) is 14.2. The Balaban J connectivity index is 2.53. The molecule has 0 aliphatic rings. The summed E-state index contributed by atoms with van der Waals surface area (Å²) in [7, 11) is 1.68. The van der Waals surface area contributed by atoms with Crippen LogP contribution in [0.2, 0.25) is 0 Å². The van der Waals surface area contributed by atoms with E-state index < -0.39 is 17.4 Å². The highest BCUT2D eigenvalue weighted by Gasteiger charge is 2.22. The van der Waals surface area contributed by atoms with Gasteiger partial charge in [-0.15, -0.1) is 0 Å². The van der Waals surface area contributed by atoms with Gasteiger partial charge in [0, 0.05) is 13.2 Å². The second-order valence-electron chi connectivity index (χ2n) is 4.40. The third-order valence-electron chi connectivity index (χ3n) is 3.00. The largest absolute Gasteiger partial charge is 0.288 e. The first-order chi connectivity index (χ1) is 8.95. The van der Waals surface area contributed by atoms with Gasteiger partial charge in [-0.2, -0.15) is 5.10 Å². The highest BCUT2D eigenvalue weighted by Crippen LogP contribution is 2.20. The Morgan fingerprint density at radius 2 is 1.95 bits per heavy atom. The lowest BCUT2D eigenvalue weighted by atomic mass is 10.0. The molecule has 2 aromatic rings. The van der Waals surface area contributed by atoms with E-state index in [9.17, 15) is 13.6 Å². The van der Waals surface area contributed by atoms with Crippen LogP contribution in [0.5, 0.6) is 0 Å². The van der Waals surface area contributed by atoms with Crippen molar-refractivity contribution in [1.82, 2.24) is 9.78 Å². The molecule has 2 rings (SSSR count). The Kier molecular flexibility index (Phi) is 3.46. The minimum Gasteiger partial charge on any atom is -0.288 e.